The van der Waals surface area contributed by atoms with Crippen molar-refractivity contribution in [2.75, 3.05) is 19.6 Å². The van der Waals surface area contributed by atoms with Gasteiger partial charge < -0.3 is 10.2 Å². The maximum Gasteiger partial charge on any atom is 0.400 e. The van der Waals surface area contributed by atoms with Crippen LogP contribution in [0.25, 0.3) is 0 Å². The first-order valence-electron chi connectivity index (χ1n) is 4.92. The lowest BCUT2D eigenvalue weighted by molar-refractivity contribution is -0.187. The lowest BCUT2D eigenvalue weighted by atomic mass is 10.1. The molecule has 7 heteroatoms. The Bertz CT molecular complexity index is 247. The summed E-state index contributed by atoms with van der Waals surface area (Å²) >= 11 is 0. The summed E-state index contributed by atoms with van der Waals surface area (Å²) in [4.78, 5) is 12.8. The molecule has 2 atom stereocenters. The Labute approximate surface area is 98.8 Å². The van der Waals surface area contributed by atoms with E-state index in [9.17, 15) is 18.0 Å². The van der Waals surface area contributed by atoms with Crippen molar-refractivity contribution in [1.82, 2.24) is 10.2 Å². The number of carbonyl (C=O) groups excluding carboxylic acids is 1. The van der Waals surface area contributed by atoms with E-state index < -0.39 is 18.0 Å². The Morgan fingerprint density at radius 3 is 2.50 bits per heavy atom. The normalized spacial score (nSPS) is 23.6. The highest BCUT2D eigenvalue weighted by Crippen LogP contribution is 2.28. The van der Waals surface area contributed by atoms with Gasteiger partial charge in [-0.15, -0.1) is 12.4 Å². The van der Waals surface area contributed by atoms with Gasteiger partial charge in [0.2, 0.25) is 5.91 Å². The molecule has 0 aromatic carbocycles. The molecule has 2 unspecified atom stereocenters. The SMILES string of the molecule is CC1CNCCN1C(=O)C(C)C(F)(F)F.Cl. The standard InChI is InChI=1S/C9H15F3N2O.ClH/c1-6-5-13-3-4-14(6)8(15)7(2)9(10,11)12;/h6-7,13H,3-5H2,1-2H3;1H. The average molecular weight is 261 g/mol. The molecule has 0 bridgehead atoms. The zero-order valence-corrected chi connectivity index (χ0v) is 9.99. The van der Waals surface area contributed by atoms with Gasteiger partial charge in [-0.3, -0.25) is 4.79 Å². The van der Waals surface area contributed by atoms with Crippen molar-refractivity contribution in [2.45, 2.75) is 26.1 Å². The van der Waals surface area contributed by atoms with Gasteiger partial charge in [0.25, 0.3) is 0 Å². The van der Waals surface area contributed by atoms with Gasteiger partial charge in [-0.25, -0.2) is 0 Å². The zero-order chi connectivity index (χ0) is 11.6. The molecule has 1 saturated heterocycles. The Kier molecular flexibility index (Phi) is 5.55. The summed E-state index contributed by atoms with van der Waals surface area (Å²) in [5.41, 5.74) is 0. The molecule has 0 radical (unpaired) electrons. The molecule has 1 aliphatic rings. The van der Waals surface area contributed by atoms with Crippen molar-refractivity contribution in [3.63, 3.8) is 0 Å². The van der Waals surface area contributed by atoms with Gasteiger partial charge in [-0.2, -0.15) is 13.2 Å². The van der Waals surface area contributed by atoms with E-state index in [-0.39, 0.29) is 18.4 Å². The lowest BCUT2D eigenvalue weighted by Gasteiger charge is -2.36. The molecule has 0 spiro atoms. The smallest absolute Gasteiger partial charge is 0.337 e. The number of carbonyl (C=O) groups is 1. The number of nitrogens with one attached hydrogen (secondary N) is 1. The summed E-state index contributed by atoms with van der Waals surface area (Å²) < 4.78 is 37.0. The number of hydrogen-bond donors (Lipinski definition) is 1. The van der Waals surface area contributed by atoms with Crippen LogP contribution in [0.1, 0.15) is 13.8 Å². The molecule has 1 fully saturated rings. The molecule has 3 nitrogen and oxygen atoms in total. The Hall–Kier alpha value is -0.490. The summed E-state index contributed by atoms with van der Waals surface area (Å²) in [5.74, 6) is -2.73. The van der Waals surface area contributed by atoms with Crippen molar-refractivity contribution in [3.8, 4) is 0 Å². The van der Waals surface area contributed by atoms with Crippen LogP contribution in [0.2, 0.25) is 0 Å². The monoisotopic (exact) mass is 260 g/mol. The van der Waals surface area contributed by atoms with Crippen LogP contribution in [0.4, 0.5) is 13.2 Å². The molecule has 0 aromatic heterocycles. The van der Waals surface area contributed by atoms with Crippen LogP contribution in [0.3, 0.4) is 0 Å². The van der Waals surface area contributed by atoms with E-state index in [4.69, 9.17) is 0 Å². The number of rotatable bonds is 1. The molecular weight excluding hydrogens is 245 g/mol. The molecule has 1 heterocycles. The van der Waals surface area contributed by atoms with Crippen LogP contribution in [-0.4, -0.2) is 42.7 Å². The number of halogens is 4. The van der Waals surface area contributed by atoms with Crippen LogP contribution in [0.15, 0.2) is 0 Å². The second-order valence-corrected chi connectivity index (χ2v) is 3.85. The van der Waals surface area contributed by atoms with Crippen molar-refractivity contribution in [3.05, 3.63) is 0 Å². The minimum atomic E-state index is -4.44. The van der Waals surface area contributed by atoms with Crippen LogP contribution in [-0.2, 0) is 4.79 Å². The van der Waals surface area contributed by atoms with Gasteiger partial charge in [0, 0.05) is 25.7 Å². The van der Waals surface area contributed by atoms with Crippen molar-refractivity contribution in [1.29, 1.82) is 0 Å². The average Bonchev–Trinajstić information content (AvgIpc) is 2.15. The molecule has 0 saturated carbocycles. The summed E-state index contributed by atoms with van der Waals surface area (Å²) in [7, 11) is 0. The van der Waals surface area contributed by atoms with Gasteiger partial charge in [-0.05, 0) is 13.8 Å². The third-order valence-electron chi connectivity index (χ3n) is 2.65. The van der Waals surface area contributed by atoms with E-state index in [1.54, 1.807) is 6.92 Å². The first-order chi connectivity index (χ1) is 6.84. The van der Waals surface area contributed by atoms with Crippen molar-refractivity contribution < 1.29 is 18.0 Å². The van der Waals surface area contributed by atoms with E-state index >= 15 is 0 Å². The summed E-state index contributed by atoms with van der Waals surface area (Å²) in [6, 6.07) is -0.170. The van der Waals surface area contributed by atoms with E-state index in [1.165, 1.54) is 4.90 Å². The lowest BCUT2D eigenvalue weighted by Crippen LogP contribution is -2.55. The molecule has 1 rings (SSSR count). The number of hydrogen-bond acceptors (Lipinski definition) is 2. The minimum Gasteiger partial charge on any atom is -0.337 e. The largest absolute Gasteiger partial charge is 0.400 e. The molecule has 1 amide bonds. The van der Waals surface area contributed by atoms with Crippen LogP contribution in [0.5, 0.6) is 0 Å². The fourth-order valence-corrected chi connectivity index (χ4v) is 1.56. The first kappa shape index (κ1) is 15.5. The Balaban J connectivity index is 0.00000225. The summed E-state index contributed by atoms with van der Waals surface area (Å²) in [6.07, 6.45) is -4.44. The highest BCUT2D eigenvalue weighted by atomic mass is 35.5. The van der Waals surface area contributed by atoms with Crippen molar-refractivity contribution in [2.24, 2.45) is 5.92 Å². The van der Waals surface area contributed by atoms with Crippen LogP contribution >= 0.6 is 12.4 Å². The second kappa shape index (κ2) is 5.72. The molecular formula is C9H16ClF3N2O. The number of amides is 1. The highest BCUT2D eigenvalue weighted by molar-refractivity contribution is 5.85. The quantitative estimate of drug-likeness (QED) is 0.774. The van der Waals surface area contributed by atoms with Gasteiger partial charge in [0.15, 0.2) is 0 Å². The molecule has 1 aliphatic heterocycles. The van der Waals surface area contributed by atoms with E-state index in [2.05, 4.69) is 5.32 Å². The summed E-state index contributed by atoms with van der Waals surface area (Å²) in [6.45, 7) is 4.11. The molecule has 0 aliphatic carbocycles. The maximum atomic E-state index is 12.3. The predicted molar refractivity (Wildman–Crippen MR) is 56.5 cm³/mol. The number of alkyl halides is 3. The van der Waals surface area contributed by atoms with E-state index in [1.807, 2.05) is 0 Å². The molecule has 0 aromatic rings. The number of nitrogens with zero attached hydrogens (tertiary/aromatic N) is 1. The minimum absolute atomic E-state index is 0. The Morgan fingerprint density at radius 2 is 2.06 bits per heavy atom. The Morgan fingerprint density at radius 1 is 1.50 bits per heavy atom. The van der Waals surface area contributed by atoms with Crippen molar-refractivity contribution >= 4 is 18.3 Å². The van der Waals surface area contributed by atoms with Crippen LogP contribution < -0.4 is 5.32 Å². The molecule has 96 valence electrons. The third-order valence-corrected chi connectivity index (χ3v) is 2.65. The van der Waals surface area contributed by atoms with Gasteiger partial charge in [-0.1, -0.05) is 0 Å². The summed E-state index contributed by atoms with van der Waals surface area (Å²) in [5, 5.41) is 3.02. The topological polar surface area (TPSA) is 32.3 Å². The molecule has 16 heavy (non-hydrogen) atoms. The fraction of sp³-hybridized carbons (Fsp3) is 0.889. The van der Waals surface area contributed by atoms with Crippen LogP contribution in [0, 0.1) is 5.92 Å². The van der Waals surface area contributed by atoms with Gasteiger partial charge in [0.1, 0.15) is 5.92 Å². The van der Waals surface area contributed by atoms with Gasteiger partial charge in [0.05, 0.1) is 0 Å². The first-order valence-corrected chi connectivity index (χ1v) is 4.92. The third kappa shape index (κ3) is 3.52. The number of piperazine rings is 1. The van der Waals surface area contributed by atoms with E-state index in [0.717, 1.165) is 6.92 Å². The maximum absolute atomic E-state index is 12.3. The van der Waals surface area contributed by atoms with Gasteiger partial charge >= 0.3 is 6.18 Å². The predicted octanol–water partition coefficient (Wildman–Crippen LogP) is 1.43. The highest BCUT2D eigenvalue weighted by Gasteiger charge is 2.43. The second-order valence-electron chi connectivity index (χ2n) is 3.85. The molecule has 1 N–H and O–H groups in total. The fourth-order valence-electron chi connectivity index (χ4n) is 1.56. The van der Waals surface area contributed by atoms with E-state index in [0.29, 0.717) is 19.6 Å². The zero-order valence-electron chi connectivity index (χ0n) is 9.17.